The van der Waals surface area contributed by atoms with E-state index in [4.69, 9.17) is 9.47 Å². The number of hydrogen-bond acceptors (Lipinski definition) is 4. The standard InChI is InChI=1S/C17H23BrN2O4/c1-5-24-15-12(18)9-11(10-14(15)23-4)16(21)20-8-6-7-13(20)17(22)19(2)3/h9-10,13H,5-8H2,1-4H3. The second-order valence-corrected chi connectivity index (χ2v) is 6.67. The zero-order valence-electron chi connectivity index (χ0n) is 14.5. The molecule has 1 aliphatic heterocycles. The fourth-order valence-electron chi connectivity index (χ4n) is 2.86. The molecular formula is C17H23BrN2O4. The van der Waals surface area contributed by atoms with Gasteiger partial charge in [0.25, 0.3) is 5.91 Å². The van der Waals surface area contributed by atoms with Gasteiger partial charge in [0.2, 0.25) is 5.91 Å². The molecular weight excluding hydrogens is 376 g/mol. The molecule has 0 radical (unpaired) electrons. The van der Waals surface area contributed by atoms with Crippen molar-refractivity contribution >= 4 is 27.7 Å². The first kappa shape index (κ1) is 18.6. The van der Waals surface area contributed by atoms with Gasteiger partial charge < -0.3 is 19.3 Å². The van der Waals surface area contributed by atoms with Crippen LogP contribution in [-0.4, -0.2) is 62.0 Å². The van der Waals surface area contributed by atoms with Crippen molar-refractivity contribution in [2.45, 2.75) is 25.8 Å². The van der Waals surface area contributed by atoms with E-state index in [9.17, 15) is 9.59 Å². The van der Waals surface area contributed by atoms with E-state index in [0.717, 1.165) is 6.42 Å². The molecule has 1 saturated heterocycles. The Labute approximate surface area is 150 Å². The number of rotatable bonds is 5. The molecule has 0 aromatic heterocycles. The average Bonchev–Trinajstić information content (AvgIpc) is 3.04. The zero-order valence-corrected chi connectivity index (χ0v) is 16.1. The summed E-state index contributed by atoms with van der Waals surface area (Å²) < 4.78 is 11.6. The number of likely N-dealkylation sites (N-methyl/N-ethyl adjacent to an activating group) is 1. The molecule has 1 aromatic carbocycles. The van der Waals surface area contributed by atoms with Crippen LogP contribution in [0.5, 0.6) is 11.5 Å². The maximum atomic E-state index is 12.9. The van der Waals surface area contributed by atoms with Crippen LogP contribution in [-0.2, 0) is 4.79 Å². The summed E-state index contributed by atoms with van der Waals surface area (Å²) >= 11 is 3.43. The number of carbonyl (C=O) groups is 2. The Kier molecular flexibility index (Phi) is 6.10. The normalized spacial score (nSPS) is 16.9. The molecule has 2 rings (SSSR count). The topological polar surface area (TPSA) is 59.1 Å². The molecule has 0 aliphatic carbocycles. The molecule has 1 aromatic rings. The van der Waals surface area contributed by atoms with Gasteiger partial charge in [0, 0.05) is 26.2 Å². The lowest BCUT2D eigenvalue weighted by Crippen LogP contribution is -2.45. The van der Waals surface area contributed by atoms with E-state index < -0.39 is 6.04 Å². The first-order valence-corrected chi connectivity index (χ1v) is 8.72. The molecule has 0 saturated carbocycles. The zero-order chi connectivity index (χ0) is 17.9. The molecule has 24 heavy (non-hydrogen) atoms. The number of likely N-dealkylation sites (tertiary alicyclic amines) is 1. The first-order chi connectivity index (χ1) is 11.4. The van der Waals surface area contributed by atoms with Gasteiger partial charge in [-0.2, -0.15) is 0 Å². The lowest BCUT2D eigenvalue weighted by molar-refractivity contribution is -0.132. The number of halogens is 1. The minimum atomic E-state index is -0.399. The van der Waals surface area contributed by atoms with Crippen molar-refractivity contribution in [1.82, 2.24) is 9.80 Å². The van der Waals surface area contributed by atoms with E-state index in [2.05, 4.69) is 15.9 Å². The summed E-state index contributed by atoms with van der Waals surface area (Å²) in [5, 5.41) is 0. The van der Waals surface area contributed by atoms with Crippen LogP contribution < -0.4 is 9.47 Å². The van der Waals surface area contributed by atoms with E-state index in [-0.39, 0.29) is 11.8 Å². The molecule has 0 spiro atoms. The summed E-state index contributed by atoms with van der Waals surface area (Å²) in [5.74, 6) is 0.843. The lowest BCUT2D eigenvalue weighted by atomic mass is 10.1. The highest BCUT2D eigenvalue weighted by molar-refractivity contribution is 9.10. The van der Waals surface area contributed by atoms with E-state index in [1.165, 1.54) is 12.0 Å². The van der Waals surface area contributed by atoms with Crippen molar-refractivity contribution in [3.63, 3.8) is 0 Å². The first-order valence-electron chi connectivity index (χ1n) is 7.93. The Morgan fingerprint density at radius 1 is 1.38 bits per heavy atom. The lowest BCUT2D eigenvalue weighted by Gasteiger charge is -2.26. The maximum absolute atomic E-state index is 12.9. The second kappa shape index (κ2) is 7.88. The van der Waals surface area contributed by atoms with Gasteiger partial charge in [-0.1, -0.05) is 0 Å². The van der Waals surface area contributed by atoms with Gasteiger partial charge >= 0.3 is 0 Å². The Hall–Kier alpha value is -1.76. The van der Waals surface area contributed by atoms with Crippen LogP contribution in [0.3, 0.4) is 0 Å². The monoisotopic (exact) mass is 398 g/mol. The van der Waals surface area contributed by atoms with Gasteiger partial charge in [0.05, 0.1) is 18.2 Å². The number of ether oxygens (including phenoxy) is 2. The summed E-state index contributed by atoms with van der Waals surface area (Å²) in [4.78, 5) is 28.4. The van der Waals surface area contributed by atoms with Gasteiger partial charge in [0.15, 0.2) is 11.5 Å². The molecule has 1 aliphatic rings. The highest BCUT2D eigenvalue weighted by Gasteiger charge is 2.35. The van der Waals surface area contributed by atoms with Crippen LogP contribution in [0.25, 0.3) is 0 Å². The van der Waals surface area contributed by atoms with Gasteiger partial charge in [-0.05, 0) is 47.8 Å². The van der Waals surface area contributed by atoms with Crippen LogP contribution >= 0.6 is 15.9 Å². The van der Waals surface area contributed by atoms with Crippen LogP contribution in [0.15, 0.2) is 16.6 Å². The molecule has 1 fully saturated rings. The van der Waals surface area contributed by atoms with Gasteiger partial charge in [0.1, 0.15) is 6.04 Å². The molecule has 132 valence electrons. The largest absolute Gasteiger partial charge is 0.493 e. The van der Waals surface area contributed by atoms with E-state index in [1.54, 1.807) is 31.1 Å². The molecule has 1 heterocycles. The van der Waals surface area contributed by atoms with Gasteiger partial charge in [-0.15, -0.1) is 0 Å². The highest BCUT2D eigenvalue weighted by Crippen LogP contribution is 2.37. The van der Waals surface area contributed by atoms with E-state index in [0.29, 0.717) is 41.1 Å². The van der Waals surface area contributed by atoms with E-state index in [1.807, 2.05) is 6.92 Å². The maximum Gasteiger partial charge on any atom is 0.254 e. The van der Waals surface area contributed by atoms with Crippen molar-refractivity contribution in [2.75, 3.05) is 34.4 Å². The summed E-state index contributed by atoms with van der Waals surface area (Å²) in [5.41, 5.74) is 0.473. The molecule has 1 atom stereocenters. The van der Waals surface area contributed by atoms with Crippen LogP contribution in [0.4, 0.5) is 0 Å². The Balaban J connectivity index is 2.32. The van der Waals surface area contributed by atoms with Crippen molar-refractivity contribution in [1.29, 1.82) is 0 Å². The number of nitrogens with zero attached hydrogens (tertiary/aromatic N) is 2. The molecule has 0 bridgehead atoms. The minimum absolute atomic E-state index is 0.0437. The fraction of sp³-hybridized carbons (Fsp3) is 0.529. The van der Waals surface area contributed by atoms with Crippen LogP contribution in [0, 0.1) is 0 Å². The average molecular weight is 399 g/mol. The number of methoxy groups -OCH3 is 1. The van der Waals surface area contributed by atoms with Crippen LogP contribution in [0.1, 0.15) is 30.1 Å². The Morgan fingerprint density at radius 3 is 2.67 bits per heavy atom. The predicted molar refractivity (Wildman–Crippen MR) is 94.6 cm³/mol. The Morgan fingerprint density at radius 2 is 2.08 bits per heavy atom. The third-order valence-corrected chi connectivity index (χ3v) is 4.59. The number of carbonyl (C=O) groups excluding carboxylic acids is 2. The SMILES string of the molecule is CCOc1c(Br)cc(C(=O)N2CCCC2C(=O)N(C)C)cc1OC. The van der Waals surface area contributed by atoms with Crippen LogP contribution in [0.2, 0.25) is 0 Å². The van der Waals surface area contributed by atoms with Crippen molar-refractivity contribution in [3.05, 3.63) is 22.2 Å². The second-order valence-electron chi connectivity index (χ2n) is 5.81. The van der Waals surface area contributed by atoms with Crippen molar-refractivity contribution in [2.24, 2.45) is 0 Å². The third-order valence-electron chi connectivity index (χ3n) is 4.00. The van der Waals surface area contributed by atoms with Crippen molar-refractivity contribution < 1.29 is 19.1 Å². The highest BCUT2D eigenvalue weighted by atomic mass is 79.9. The number of hydrogen-bond donors (Lipinski definition) is 0. The molecule has 6 nitrogen and oxygen atoms in total. The van der Waals surface area contributed by atoms with Crippen molar-refractivity contribution in [3.8, 4) is 11.5 Å². The summed E-state index contributed by atoms with van der Waals surface area (Å²) in [6.45, 7) is 2.96. The predicted octanol–water partition coefficient (Wildman–Crippen LogP) is 2.55. The number of benzene rings is 1. The fourth-order valence-corrected chi connectivity index (χ4v) is 3.41. The molecule has 7 heteroatoms. The smallest absolute Gasteiger partial charge is 0.254 e. The molecule has 1 unspecified atom stereocenters. The minimum Gasteiger partial charge on any atom is -0.493 e. The van der Waals surface area contributed by atoms with Gasteiger partial charge in [-0.25, -0.2) is 0 Å². The van der Waals surface area contributed by atoms with Gasteiger partial charge in [-0.3, -0.25) is 9.59 Å². The number of amides is 2. The Bertz CT molecular complexity index is 633. The summed E-state index contributed by atoms with van der Waals surface area (Å²) in [6.07, 6.45) is 1.52. The van der Waals surface area contributed by atoms with E-state index >= 15 is 0 Å². The molecule has 2 amide bonds. The molecule has 0 N–H and O–H groups in total. The quantitative estimate of drug-likeness (QED) is 0.764. The third kappa shape index (κ3) is 3.66. The summed E-state index contributed by atoms with van der Waals surface area (Å²) in [7, 11) is 4.95. The summed E-state index contributed by atoms with van der Waals surface area (Å²) in [6, 6.07) is 2.97.